The summed E-state index contributed by atoms with van der Waals surface area (Å²) >= 11 is 0. The Bertz CT molecular complexity index is 1820. The number of carboxylic acid groups (broad SMARTS) is 1. The van der Waals surface area contributed by atoms with Crippen molar-refractivity contribution in [3.05, 3.63) is 41.5 Å². The van der Waals surface area contributed by atoms with Crippen LogP contribution in [0.5, 0.6) is 11.5 Å². The van der Waals surface area contributed by atoms with E-state index in [-0.39, 0.29) is 47.7 Å². The normalized spacial score (nSPS) is 28.9. The lowest BCUT2D eigenvalue weighted by atomic mass is 9.43. The van der Waals surface area contributed by atoms with Gasteiger partial charge in [-0.2, -0.15) is 0 Å². The van der Waals surface area contributed by atoms with Gasteiger partial charge in [0, 0.05) is 17.6 Å². The highest BCUT2D eigenvalue weighted by molar-refractivity contribution is 6.49. The highest BCUT2D eigenvalue weighted by Crippen LogP contribution is 2.68. The van der Waals surface area contributed by atoms with Gasteiger partial charge < -0.3 is 48.6 Å². The fourth-order valence-electron chi connectivity index (χ4n) is 8.77. The predicted octanol–water partition coefficient (Wildman–Crippen LogP) is 5.86. The Balaban J connectivity index is 1.12. The quantitative estimate of drug-likeness (QED) is 0.158. The summed E-state index contributed by atoms with van der Waals surface area (Å²) in [5, 5.41) is 12.9. The molecule has 0 radical (unpaired) electrons. The van der Waals surface area contributed by atoms with Gasteiger partial charge in [-0.15, -0.1) is 0 Å². The smallest absolute Gasteiger partial charge is 0.486 e. The lowest BCUT2D eigenvalue weighted by molar-refractivity contribution is -0.199. The summed E-state index contributed by atoms with van der Waals surface area (Å²) in [5.41, 5.74) is -1.42. The lowest BCUT2D eigenvalue weighted by Crippen LogP contribution is -2.65. The molecule has 8 rings (SSSR count). The molecule has 15 nitrogen and oxygen atoms in total. The molecular formula is C38H51BN4O11. The molecule has 3 unspecified atom stereocenters. The third kappa shape index (κ3) is 7.14. The number of aromatic nitrogens is 2. The van der Waals surface area contributed by atoms with E-state index >= 15 is 0 Å². The maximum Gasteiger partial charge on any atom is 0.514 e. The summed E-state index contributed by atoms with van der Waals surface area (Å²) in [4.78, 5) is 60.5. The second kappa shape index (κ2) is 13.2. The van der Waals surface area contributed by atoms with E-state index in [9.17, 15) is 24.3 Å². The molecule has 1 aromatic heterocycles. The largest absolute Gasteiger partial charge is 0.514 e. The molecule has 2 amide bonds. The molecule has 6 fully saturated rings. The Kier molecular flexibility index (Phi) is 9.27. The Hall–Kier alpha value is -4.31. The third-order valence-electron chi connectivity index (χ3n) is 11.7. The maximum absolute atomic E-state index is 13.7. The summed E-state index contributed by atoms with van der Waals surface area (Å²) in [7, 11) is -0.524. The molecule has 4 aliphatic carbocycles. The first-order valence-corrected chi connectivity index (χ1v) is 18.7. The van der Waals surface area contributed by atoms with Crippen molar-refractivity contribution >= 4 is 31.2 Å². The molecule has 0 spiro atoms. The number of benzene rings is 1. The fourth-order valence-corrected chi connectivity index (χ4v) is 8.77. The van der Waals surface area contributed by atoms with Gasteiger partial charge >= 0.3 is 25.3 Å². The number of carbonyl (C=O) groups excluding carboxylic acids is 3. The Labute approximate surface area is 315 Å². The van der Waals surface area contributed by atoms with Crippen LogP contribution >= 0.6 is 0 Å². The van der Waals surface area contributed by atoms with Gasteiger partial charge in [0.15, 0.2) is 11.8 Å². The highest BCUT2D eigenvalue weighted by atomic mass is 16.7. The molecule has 6 aliphatic rings. The fraction of sp³-hybridized carbons (Fsp3) is 0.658. The maximum atomic E-state index is 13.7. The monoisotopic (exact) mass is 750 g/mol. The summed E-state index contributed by atoms with van der Waals surface area (Å²) in [6, 6.07) is 1.80. The zero-order chi connectivity index (χ0) is 39.1. The number of aromatic carboxylic acids is 1. The van der Waals surface area contributed by atoms with Gasteiger partial charge in [-0.25, -0.2) is 19.4 Å². The number of rotatable bonds is 9. The number of carbonyl (C=O) groups is 4. The minimum atomic E-state index is -1.28. The lowest BCUT2D eigenvalue weighted by Gasteiger charge is -2.64. The van der Waals surface area contributed by atoms with Gasteiger partial charge in [0.1, 0.15) is 28.6 Å². The number of ether oxygens (including phenoxy) is 4. The van der Waals surface area contributed by atoms with Crippen molar-refractivity contribution < 1.29 is 52.5 Å². The Morgan fingerprint density at radius 3 is 2.35 bits per heavy atom. The predicted molar refractivity (Wildman–Crippen MR) is 193 cm³/mol. The van der Waals surface area contributed by atoms with Gasteiger partial charge in [-0.05, 0) is 103 Å². The van der Waals surface area contributed by atoms with Crippen LogP contribution in [0.2, 0.25) is 5.82 Å². The van der Waals surface area contributed by atoms with Crippen molar-refractivity contribution in [2.24, 2.45) is 17.3 Å². The van der Waals surface area contributed by atoms with Crippen LogP contribution in [-0.4, -0.2) is 93.3 Å². The zero-order valence-corrected chi connectivity index (χ0v) is 32.4. The van der Waals surface area contributed by atoms with Crippen LogP contribution in [0.4, 0.5) is 9.59 Å². The molecule has 292 valence electrons. The number of carboxylic acids is 1. The zero-order valence-electron chi connectivity index (χ0n) is 32.4. The Morgan fingerprint density at radius 1 is 1.04 bits per heavy atom. The van der Waals surface area contributed by atoms with E-state index in [1.165, 1.54) is 23.5 Å². The molecule has 2 aliphatic heterocycles. The first kappa shape index (κ1) is 38.0. The molecule has 3 N–H and O–H groups in total. The number of aromatic amines is 1. The topological polar surface area (TPSA) is 188 Å². The van der Waals surface area contributed by atoms with E-state index in [4.69, 9.17) is 28.3 Å². The van der Waals surface area contributed by atoms with Gasteiger partial charge in [0.25, 0.3) is 5.91 Å². The van der Waals surface area contributed by atoms with Crippen molar-refractivity contribution in [3.8, 4) is 11.5 Å². The first-order chi connectivity index (χ1) is 25.1. The standard InChI is InChI=1S/C38H51BN4O11/c1-35(2,3)51-33(47)42-29(24-15-40-18-41-24)31(44)43-16-20(17-43)49-25-11-10-21(32(45)46)30(50-34(48)52-36(4,5)6)28(25)22-14-23(22)39-53-27-13-19-12-26(37(19,7)8)38(27,9)54-39/h10-11,15,18-20,22-23,26-27,29H,12-14,16-17H2,1-9H3,(H,40,41)(H,42,47)(H,45,46)/t19-,22?,23?,26-,27+,29?,38-/m0/s1. The molecule has 2 bridgehead atoms. The van der Waals surface area contributed by atoms with Crippen molar-refractivity contribution in [1.29, 1.82) is 0 Å². The number of alkyl carbamates (subject to hydrolysis) is 1. The SMILES string of the molecule is CC(C)(C)OC(=O)NC(C(=O)N1CC(Oc2ccc(C(=O)O)c(OC(=O)OC(C)(C)C)c2C2CC2B2O[C@@H]3C[C@@H]4C[C@@H](C4(C)C)[C@]3(C)O2)C1)c1c[nH]cn1. The molecule has 16 heteroatoms. The van der Waals surface area contributed by atoms with E-state index in [1.54, 1.807) is 47.6 Å². The van der Waals surface area contributed by atoms with Crippen LogP contribution in [-0.2, 0) is 23.6 Å². The van der Waals surface area contributed by atoms with Gasteiger partial charge in [0.05, 0.1) is 36.8 Å². The molecule has 54 heavy (non-hydrogen) atoms. The van der Waals surface area contributed by atoms with Crippen molar-refractivity contribution in [3.63, 3.8) is 0 Å². The summed E-state index contributed by atoms with van der Waals surface area (Å²) < 4.78 is 36.4. The van der Waals surface area contributed by atoms with Gasteiger partial charge in [-0.3, -0.25) is 4.79 Å². The van der Waals surface area contributed by atoms with Crippen LogP contribution in [0.3, 0.4) is 0 Å². The number of likely N-dealkylation sites (tertiary alicyclic amines) is 1. The van der Waals surface area contributed by atoms with Crippen molar-refractivity contribution in [1.82, 2.24) is 20.2 Å². The minimum Gasteiger partial charge on any atom is -0.486 e. The summed E-state index contributed by atoms with van der Waals surface area (Å²) in [6.07, 6.45) is 3.23. The van der Waals surface area contributed by atoms with E-state index in [0.717, 1.165) is 12.8 Å². The molecular weight excluding hydrogens is 699 g/mol. The number of imidazole rings is 1. The minimum absolute atomic E-state index is 0.0346. The van der Waals surface area contributed by atoms with E-state index in [1.807, 2.05) is 0 Å². The van der Waals surface area contributed by atoms with Crippen LogP contribution in [0.25, 0.3) is 0 Å². The van der Waals surface area contributed by atoms with Gasteiger partial charge in [0.2, 0.25) is 0 Å². The molecule has 3 heterocycles. The number of nitrogens with one attached hydrogen (secondary N) is 2. The number of nitrogens with zero attached hydrogens (tertiary/aromatic N) is 2. The average molecular weight is 751 g/mol. The number of amides is 2. The average Bonchev–Trinajstić information content (AvgIpc) is 3.43. The number of hydrogen-bond acceptors (Lipinski definition) is 11. The van der Waals surface area contributed by atoms with Crippen LogP contribution in [0.1, 0.15) is 115 Å². The Morgan fingerprint density at radius 2 is 1.74 bits per heavy atom. The number of H-pyrrole nitrogens is 1. The molecule has 2 saturated heterocycles. The second-order valence-electron chi connectivity index (χ2n) is 18.1. The van der Waals surface area contributed by atoms with Crippen LogP contribution in [0, 0.1) is 17.3 Å². The van der Waals surface area contributed by atoms with Crippen LogP contribution < -0.4 is 14.8 Å². The first-order valence-electron chi connectivity index (χ1n) is 18.7. The van der Waals surface area contributed by atoms with E-state index < -0.39 is 60.2 Å². The summed E-state index contributed by atoms with van der Waals surface area (Å²) in [6.45, 7) is 17.3. The molecule has 1 aromatic carbocycles. The van der Waals surface area contributed by atoms with Crippen LogP contribution in [0.15, 0.2) is 24.7 Å². The van der Waals surface area contributed by atoms with Crippen molar-refractivity contribution in [2.75, 3.05) is 13.1 Å². The molecule has 4 saturated carbocycles. The third-order valence-corrected chi connectivity index (χ3v) is 11.7. The highest BCUT2D eigenvalue weighted by Gasteiger charge is 2.70. The van der Waals surface area contributed by atoms with Gasteiger partial charge in [-0.1, -0.05) is 13.8 Å². The van der Waals surface area contributed by atoms with E-state index in [2.05, 4.69) is 36.1 Å². The number of hydrogen-bond donors (Lipinski definition) is 3. The summed E-state index contributed by atoms with van der Waals surface area (Å²) in [5.74, 6) is -1.03. The second-order valence-corrected chi connectivity index (χ2v) is 18.1. The molecule has 2 aromatic rings. The van der Waals surface area contributed by atoms with Crippen molar-refractivity contribution in [2.45, 2.75) is 128 Å². The molecule has 7 atom stereocenters. The van der Waals surface area contributed by atoms with E-state index in [0.29, 0.717) is 35.3 Å².